The van der Waals surface area contributed by atoms with Gasteiger partial charge >= 0.3 is 6.09 Å². The third kappa shape index (κ3) is 4.43. The highest BCUT2D eigenvalue weighted by molar-refractivity contribution is 7.80. The number of benzene rings is 2. The number of carbonyl (C=O) groups is 1. The molecule has 7 heteroatoms. The quantitative estimate of drug-likeness (QED) is 0.802. The van der Waals surface area contributed by atoms with Gasteiger partial charge in [-0.1, -0.05) is 36.4 Å². The highest BCUT2D eigenvalue weighted by atomic mass is 32.1. The summed E-state index contributed by atoms with van der Waals surface area (Å²) in [6.45, 7) is 5.07. The van der Waals surface area contributed by atoms with Gasteiger partial charge in [0.1, 0.15) is 6.10 Å². The first-order chi connectivity index (χ1) is 13.7. The summed E-state index contributed by atoms with van der Waals surface area (Å²) in [7, 11) is 0. The number of anilines is 2. The molecule has 2 aliphatic rings. The van der Waals surface area contributed by atoms with E-state index in [1.54, 1.807) is 0 Å². The highest BCUT2D eigenvalue weighted by Crippen LogP contribution is 2.18. The van der Waals surface area contributed by atoms with Crippen molar-refractivity contribution in [2.45, 2.75) is 6.10 Å². The van der Waals surface area contributed by atoms with Crippen LogP contribution in [0.4, 0.5) is 16.2 Å². The van der Waals surface area contributed by atoms with E-state index < -0.39 is 0 Å². The number of nitrogens with one attached hydrogen (secondary N) is 1. The first kappa shape index (κ1) is 18.7. The van der Waals surface area contributed by atoms with Crippen LogP contribution in [0.5, 0.6) is 0 Å². The number of amides is 1. The number of thiocarbonyl (C=S) groups is 1. The second kappa shape index (κ2) is 8.58. The predicted molar refractivity (Wildman–Crippen MR) is 115 cm³/mol. The fourth-order valence-electron chi connectivity index (χ4n) is 3.61. The smallest absolute Gasteiger partial charge is 0.416 e. The molecular formula is C21H24N4O2S. The lowest BCUT2D eigenvalue weighted by Crippen LogP contribution is -2.49. The standard InChI is InChI=1S/C21H24N4O2S/c26-21-25(20(28)22-17-7-3-1-4-8-17)16-19(27-21)15-23-11-13-24(14-12-23)18-9-5-2-6-10-18/h1-10,19H,11-16H2,(H,22,28)/t19-/m1/s1. The van der Waals surface area contributed by atoms with E-state index in [0.717, 1.165) is 38.4 Å². The number of nitrogens with zero attached hydrogens (tertiary/aromatic N) is 3. The van der Waals surface area contributed by atoms with Crippen molar-refractivity contribution in [1.29, 1.82) is 0 Å². The topological polar surface area (TPSA) is 48.1 Å². The Bertz CT molecular complexity index is 810. The maximum Gasteiger partial charge on any atom is 0.416 e. The normalized spacial score (nSPS) is 20.1. The van der Waals surface area contributed by atoms with Gasteiger partial charge in [0.2, 0.25) is 0 Å². The molecule has 6 nitrogen and oxygen atoms in total. The fraction of sp³-hybridized carbons (Fsp3) is 0.333. The Kier molecular flexibility index (Phi) is 5.73. The molecule has 0 bridgehead atoms. The summed E-state index contributed by atoms with van der Waals surface area (Å²) in [6.07, 6.45) is -0.535. The lowest BCUT2D eigenvalue weighted by Gasteiger charge is -2.36. The van der Waals surface area contributed by atoms with Crippen molar-refractivity contribution in [2.75, 3.05) is 49.5 Å². The van der Waals surface area contributed by atoms with Crippen molar-refractivity contribution in [3.8, 4) is 0 Å². The monoisotopic (exact) mass is 396 g/mol. The summed E-state index contributed by atoms with van der Waals surface area (Å²) < 4.78 is 5.55. The fourth-order valence-corrected chi connectivity index (χ4v) is 3.88. The molecule has 2 fully saturated rings. The van der Waals surface area contributed by atoms with Crippen molar-refractivity contribution in [1.82, 2.24) is 9.80 Å². The third-order valence-corrected chi connectivity index (χ3v) is 5.42. The van der Waals surface area contributed by atoms with Gasteiger partial charge < -0.3 is 15.0 Å². The van der Waals surface area contributed by atoms with Crippen LogP contribution in [-0.2, 0) is 4.74 Å². The molecule has 1 N–H and O–H groups in total. The number of hydrogen-bond donors (Lipinski definition) is 1. The average molecular weight is 397 g/mol. The van der Waals surface area contributed by atoms with Crippen molar-refractivity contribution in [3.63, 3.8) is 0 Å². The Morgan fingerprint density at radius 1 is 1.00 bits per heavy atom. The zero-order chi connectivity index (χ0) is 19.3. The molecule has 0 aliphatic carbocycles. The maximum atomic E-state index is 12.2. The van der Waals surface area contributed by atoms with Crippen molar-refractivity contribution >= 4 is 34.8 Å². The summed E-state index contributed by atoms with van der Waals surface area (Å²) in [5.74, 6) is 0. The van der Waals surface area contributed by atoms with Crippen LogP contribution in [0.15, 0.2) is 60.7 Å². The summed E-state index contributed by atoms with van der Waals surface area (Å²) in [5.41, 5.74) is 2.12. The number of rotatable bonds is 4. The van der Waals surface area contributed by atoms with Crippen LogP contribution in [0.25, 0.3) is 0 Å². The lowest BCUT2D eigenvalue weighted by molar-refractivity contribution is 0.105. The number of carbonyl (C=O) groups excluding carboxylic acids is 1. The summed E-state index contributed by atoms with van der Waals surface area (Å²) >= 11 is 5.39. The maximum absolute atomic E-state index is 12.2. The van der Waals surface area contributed by atoms with E-state index in [-0.39, 0.29) is 12.2 Å². The number of piperazine rings is 1. The minimum atomic E-state index is -0.374. The predicted octanol–water partition coefficient (Wildman–Crippen LogP) is 3.03. The van der Waals surface area contributed by atoms with Gasteiger partial charge in [-0.2, -0.15) is 0 Å². The van der Waals surface area contributed by atoms with E-state index >= 15 is 0 Å². The van der Waals surface area contributed by atoms with E-state index in [4.69, 9.17) is 17.0 Å². The van der Waals surface area contributed by atoms with E-state index in [0.29, 0.717) is 11.7 Å². The lowest BCUT2D eigenvalue weighted by atomic mass is 10.2. The number of para-hydroxylation sites is 2. The zero-order valence-corrected chi connectivity index (χ0v) is 16.5. The molecule has 0 saturated carbocycles. The van der Waals surface area contributed by atoms with Crippen LogP contribution in [0, 0.1) is 0 Å². The Hall–Kier alpha value is -2.64. The minimum Gasteiger partial charge on any atom is -0.443 e. The Balaban J connectivity index is 1.26. The van der Waals surface area contributed by atoms with E-state index in [2.05, 4.69) is 39.4 Å². The molecular weight excluding hydrogens is 372 g/mol. The first-order valence-electron chi connectivity index (χ1n) is 9.55. The molecule has 1 atom stereocenters. The van der Waals surface area contributed by atoms with Gasteiger partial charge in [-0.05, 0) is 36.5 Å². The van der Waals surface area contributed by atoms with E-state index in [1.807, 2.05) is 36.4 Å². The third-order valence-electron chi connectivity index (χ3n) is 5.10. The van der Waals surface area contributed by atoms with Gasteiger partial charge in [-0.15, -0.1) is 0 Å². The summed E-state index contributed by atoms with van der Waals surface area (Å²) in [4.78, 5) is 18.5. The average Bonchev–Trinajstić information content (AvgIpc) is 3.10. The van der Waals surface area contributed by atoms with Crippen LogP contribution in [0.2, 0.25) is 0 Å². The summed E-state index contributed by atoms with van der Waals surface area (Å²) in [6, 6.07) is 20.1. The molecule has 0 unspecified atom stereocenters. The first-order valence-corrected chi connectivity index (χ1v) is 9.96. The Morgan fingerprint density at radius 3 is 2.32 bits per heavy atom. The van der Waals surface area contributed by atoms with E-state index in [1.165, 1.54) is 10.6 Å². The molecule has 2 aromatic rings. The van der Waals surface area contributed by atoms with Crippen LogP contribution >= 0.6 is 12.2 Å². The molecule has 0 aromatic heterocycles. The second-order valence-electron chi connectivity index (χ2n) is 7.04. The van der Waals surface area contributed by atoms with Gasteiger partial charge in [0.15, 0.2) is 5.11 Å². The number of hydrogen-bond acceptors (Lipinski definition) is 5. The van der Waals surface area contributed by atoms with Crippen LogP contribution < -0.4 is 10.2 Å². The molecule has 1 amide bonds. The molecule has 2 aromatic carbocycles. The molecule has 0 spiro atoms. The molecule has 2 aliphatic heterocycles. The molecule has 2 saturated heterocycles. The zero-order valence-electron chi connectivity index (χ0n) is 15.7. The number of cyclic esters (lactones) is 1. The second-order valence-corrected chi connectivity index (χ2v) is 7.42. The van der Waals surface area contributed by atoms with Gasteiger partial charge in [0.25, 0.3) is 0 Å². The number of ether oxygens (including phenoxy) is 1. The van der Waals surface area contributed by atoms with Crippen molar-refractivity contribution in [2.24, 2.45) is 0 Å². The van der Waals surface area contributed by atoms with Gasteiger partial charge in [-0.25, -0.2) is 4.79 Å². The molecule has 146 valence electrons. The molecule has 4 rings (SSSR count). The van der Waals surface area contributed by atoms with Crippen molar-refractivity contribution < 1.29 is 9.53 Å². The Labute approximate surface area is 170 Å². The van der Waals surface area contributed by atoms with Crippen LogP contribution in [-0.4, -0.2) is 66.4 Å². The summed E-state index contributed by atoms with van der Waals surface area (Å²) in [5, 5.41) is 3.48. The van der Waals surface area contributed by atoms with Crippen LogP contribution in [0.1, 0.15) is 0 Å². The largest absolute Gasteiger partial charge is 0.443 e. The Morgan fingerprint density at radius 2 is 1.64 bits per heavy atom. The van der Waals surface area contributed by atoms with Gasteiger partial charge in [0.05, 0.1) is 6.54 Å². The van der Waals surface area contributed by atoms with Gasteiger partial charge in [0, 0.05) is 44.1 Å². The highest BCUT2D eigenvalue weighted by Gasteiger charge is 2.35. The molecule has 28 heavy (non-hydrogen) atoms. The molecule has 0 radical (unpaired) electrons. The minimum absolute atomic E-state index is 0.161. The van der Waals surface area contributed by atoms with Gasteiger partial charge in [-0.3, -0.25) is 9.80 Å². The molecule has 2 heterocycles. The SMILES string of the molecule is O=C1O[C@H](CN2CCN(c3ccccc3)CC2)CN1C(=S)Nc1ccccc1. The van der Waals surface area contributed by atoms with E-state index in [9.17, 15) is 4.79 Å². The van der Waals surface area contributed by atoms with Crippen LogP contribution in [0.3, 0.4) is 0 Å². The van der Waals surface area contributed by atoms with Crippen molar-refractivity contribution in [3.05, 3.63) is 60.7 Å².